The second-order valence-corrected chi connectivity index (χ2v) is 10.1. The smallest absolute Gasteiger partial charge is 0.229 e. The van der Waals surface area contributed by atoms with Crippen molar-refractivity contribution in [1.82, 2.24) is 0 Å². The fourth-order valence-corrected chi connectivity index (χ4v) is 4.46. The minimum absolute atomic E-state index is 0.0138. The Bertz CT molecular complexity index is 1160. The van der Waals surface area contributed by atoms with Crippen LogP contribution in [0.4, 0.5) is 0 Å². The third kappa shape index (κ3) is 5.43. The first-order valence-electron chi connectivity index (χ1n) is 12.1. The van der Waals surface area contributed by atoms with Gasteiger partial charge >= 0.3 is 0 Å². The average molecular weight is 537 g/mol. The number of ether oxygens (including phenoxy) is 3. The first-order chi connectivity index (χ1) is 17.8. The van der Waals surface area contributed by atoms with E-state index in [2.05, 4.69) is 0 Å². The molecule has 0 aromatic heterocycles. The van der Waals surface area contributed by atoms with Crippen molar-refractivity contribution < 1.29 is 59.9 Å². The number of rotatable bonds is 7. The molecule has 7 atom stereocenters. The Kier molecular flexibility index (Phi) is 7.86. The van der Waals surface area contributed by atoms with E-state index in [0.717, 1.165) is 0 Å². The highest BCUT2D eigenvalue weighted by atomic mass is 16.7. The van der Waals surface area contributed by atoms with Gasteiger partial charge in [0.25, 0.3) is 0 Å². The van der Waals surface area contributed by atoms with Crippen LogP contribution in [-0.2, 0) is 11.2 Å². The van der Waals surface area contributed by atoms with Crippen molar-refractivity contribution >= 4 is 5.78 Å². The number of ketones is 1. The molecule has 2 aliphatic heterocycles. The van der Waals surface area contributed by atoms with Gasteiger partial charge in [0.05, 0.1) is 12.2 Å². The van der Waals surface area contributed by atoms with Crippen LogP contribution in [0.3, 0.4) is 0 Å². The van der Waals surface area contributed by atoms with Crippen molar-refractivity contribution in [2.75, 3.05) is 6.61 Å². The molecule has 38 heavy (non-hydrogen) atoms. The largest absolute Gasteiger partial charge is 0.508 e. The molecule has 2 aliphatic rings. The van der Waals surface area contributed by atoms with Crippen LogP contribution in [0.25, 0.3) is 0 Å². The third-order valence-corrected chi connectivity index (χ3v) is 6.68. The maximum absolute atomic E-state index is 13.2. The normalized spacial score (nSPS) is 29.5. The Morgan fingerprint density at radius 1 is 1.00 bits per heavy atom. The van der Waals surface area contributed by atoms with Gasteiger partial charge in [-0.1, -0.05) is 12.1 Å². The van der Waals surface area contributed by atoms with Gasteiger partial charge in [-0.2, -0.15) is 0 Å². The predicted octanol–water partition coefficient (Wildman–Crippen LogP) is -0.343. The van der Waals surface area contributed by atoms with E-state index in [0.29, 0.717) is 5.56 Å². The van der Waals surface area contributed by atoms with Crippen LogP contribution >= 0.6 is 0 Å². The molecule has 0 aliphatic carbocycles. The molecule has 12 nitrogen and oxygen atoms in total. The summed E-state index contributed by atoms with van der Waals surface area (Å²) in [6.45, 7) is 2.40. The molecular weight excluding hydrogens is 504 g/mol. The summed E-state index contributed by atoms with van der Waals surface area (Å²) < 4.78 is 17.1. The van der Waals surface area contributed by atoms with Gasteiger partial charge in [0.15, 0.2) is 12.2 Å². The first-order valence-corrected chi connectivity index (χ1v) is 12.1. The summed E-state index contributed by atoms with van der Waals surface area (Å²) in [6.07, 6.45) is -10.7. The number of aromatic hydroxyl groups is 2. The quantitative estimate of drug-likeness (QED) is 0.229. The van der Waals surface area contributed by atoms with E-state index in [9.17, 15) is 45.6 Å². The Morgan fingerprint density at radius 3 is 2.26 bits per heavy atom. The minimum atomic E-state index is -1.75. The van der Waals surface area contributed by atoms with Crippen LogP contribution in [-0.4, -0.2) is 95.7 Å². The molecule has 0 spiro atoms. The van der Waals surface area contributed by atoms with E-state index in [-0.39, 0.29) is 41.2 Å². The number of benzene rings is 2. The van der Waals surface area contributed by atoms with Gasteiger partial charge in [-0.25, -0.2) is 0 Å². The number of Topliss-reactive ketones (excluding diaryl/α,β-unsaturated/α-hetero) is 1. The summed E-state index contributed by atoms with van der Waals surface area (Å²) in [6, 6.07) is 6.90. The number of phenols is 2. The lowest BCUT2D eigenvalue weighted by molar-refractivity contribution is -0.277. The standard InChI is InChI=1S/C26H32O12/c1-26(2,35)8-7-13-14(37-25-23(34)21(32)19(30)16(10-27)38-25)9-15-17(18(13)29)20(31)22(33)24(36-15)11-3-5-12(28)6-4-11/h3-6,9,16,19,21-25,27-30,32-35H,7-8,10H2,1-2H3/t16-,19-,21+,22-,23-,24+,25-/m1/s1. The van der Waals surface area contributed by atoms with E-state index in [1.807, 2.05) is 0 Å². The third-order valence-electron chi connectivity index (χ3n) is 6.68. The summed E-state index contributed by atoms with van der Waals surface area (Å²) in [5, 5.41) is 81.8. The Hall–Kier alpha value is -2.97. The molecular formula is C26H32O12. The number of carbonyl (C=O) groups excluding carboxylic acids is 1. The first kappa shape index (κ1) is 28.0. The topological polar surface area (TPSA) is 207 Å². The molecule has 208 valence electrons. The van der Waals surface area contributed by atoms with Crippen molar-refractivity contribution in [1.29, 1.82) is 0 Å². The Morgan fingerprint density at radius 2 is 1.66 bits per heavy atom. The number of aliphatic hydroxyl groups excluding tert-OH is 5. The molecule has 0 saturated carbocycles. The van der Waals surface area contributed by atoms with Crippen molar-refractivity contribution in [3.8, 4) is 23.0 Å². The van der Waals surface area contributed by atoms with Gasteiger partial charge in [0.1, 0.15) is 53.0 Å². The van der Waals surface area contributed by atoms with E-state index in [1.165, 1.54) is 30.3 Å². The van der Waals surface area contributed by atoms with E-state index in [1.54, 1.807) is 13.8 Å². The highest BCUT2D eigenvalue weighted by Gasteiger charge is 2.46. The van der Waals surface area contributed by atoms with E-state index >= 15 is 0 Å². The number of carbonyl (C=O) groups is 1. The molecule has 8 N–H and O–H groups in total. The van der Waals surface area contributed by atoms with Crippen LogP contribution < -0.4 is 9.47 Å². The van der Waals surface area contributed by atoms with E-state index in [4.69, 9.17) is 14.2 Å². The van der Waals surface area contributed by atoms with Crippen LogP contribution in [0.2, 0.25) is 0 Å². The van der Waals surface area contributed by atoms with Crippen LogP contribution in [0, 0.1) is 0 Å². The fraction of sp³-hybridized carbons (Fsp3) is 0.500. The summed E-state index contributed by atoms with van der Waals surface area (Å²) >= 11 is 0. The molecule has 4 rings (SSSR count). The number of hydrogen-bond donors (Lipinski definition) is 8. The Labute approximate surface area is 217 Å². The Balaban J connectivity index is 1.76. The molecule has 1 saturated heterocycles. The summed E-state index contributed by atoms with van der Waals surface area (Å²) in [5.74, 6) is -1.70. The zero-order valence-electron chi connectivity index (χ0n) is 20.8. The molecule has 0 unspecified atom stereocenters. The zero-order valence-corrected chi connectivity index (χ0v) is 20.8. The fourth-order valence-electron chi connectivity index (χ4n) is 4.46. The van der Waals surface area contributed by atoms with Gasteiger partial charge in [0.2, 0.25) is 12.1 Å². The van der Waals surface area contributed by atoms with Crippen LogP contribution in [0.1, 0.15) is 47.9 Å². The highest BCUT2D eigenvalue weighted by molar-refractivity contribution is 6.06. The molecule has 0 radical (unpaired) electrons. The number of phenolic OH excluding ortho intramolecular Hbond substituents is 2. The molecule has 0 amide bonds. The van der Waals surface area contributed by atoms with Gasteiger partial charge in [0, 0.05) is 11.6 Å². The van der Waals surface area contributed by atoms with Crippen molar-refractivity contribution in [2.45, 2.75) is 75.2 Å². The molecule has 0 bridgehead atoms. The van der Waals surface area contributed by atoms with Gasteiger partial charge < -0.3 is 55.1 Å². The summed E-state index contributed by atoms with van der Waals surface area (Å²) in [7, 11) is 0. The van der Waals surface area contributed by atoms with Crippen LogP contribution in [0.15, 0.2) is 30.3 Å². The minimum Gasteiger partial charge on any atom is -0.508 e. The number of fused-ring (bicyclic) bond motifs is 1. The lowest BCUT2D eigenvalue weighted by Crippen LogP contribution is -2.60. The number of aliphatic hydroxyl groups is 6. The number of hydrogen-bond acceptors (Lipinski definition) is 12. The van der Waals surface area contributed by atoms with Gasteiger partial charge in [-0.15, -0.1) is 0 Å². The molecule has 2 aromatic rings. The molecule has 2 aromatic carbocycles. The predicted molar refractivity (Wildman–Crippen MR) is 129 cm³/mol. The molecule has 1 fully saturated rings. The molecule has 12 heteroatoms. The van der Waals surface area contributed by atoms with Gasteiger partial charge in [-0.05, 0) is 44.4 Å². The van der Waals surface area contributed by atoms with Crippen molar-refractivity contribution in [3.05, 3.63) is 47.0 Å². The average Bonchev–Trinajstić information content (AvgIpc) is 2.86. The maximum atomic E-state index is 13.2. The van der Waals surface area contributed by atoms with Crippen molar-refractivity contribution in [3.63, 3.8) is 0 Å². The highest BCUT2D eigenvalue weighted by Crippen LogP contribution is 2.46. The second kappa shape index (κ2) is 10.7. The second-order valence-electron chi connectivity index (χ2n) is 10.1. The van der Waals surface area contributed by atoms with Gasteiger partial charge in [-0.3, -0.25) is 4.79 Å². The van der Waals surface area contributed by atoms with E-state index < -0.39 is 66.7 Å². The lowest BCUT2D eigenvalue weighted by atomic mass is 9.89. The zero-order chi connectivity index (χ0) is 27.9. The summed E-state index contributed by atoms with van der Waals surface area (Å²) in [5.41, 5.74) is -1.07. The lowest BCUT2D eigenvalue weighted by Gasteiger charge is -2.40. The summed E-state index contributed by atoms with van der Waals surface area (Å²) in [4.78, 5) is 13.2. The maximum Gasteiger partial charge on any atom is 0.229 e. The van der Waals surface area contributed by atoms with Crippen LogP contribution in [0.5, 0.6) is 23.0 Å². The van der Waals surface area contributed by atoms with Crippen molar-refractivity contribution in [2.24, 2.45) is 0 Å². The monoisotopic (exact) mass is 536 g/mol. The molecule has 2 heterocycles. The SMILES string of the molecule is CC(C)(O)CCc1c(O[C@@H]2O[C@H](CO)[C@@H](O)[C@H](O)[C@H]2O)cc2c(c1O)C(=O)[C@@H](O)[C@H](c1ccc(O)cc1)O2.